The molecule has 1 aromatic carbocycles. The van der Waals surface area contributed by atoms with Crippen LogP contribution in [0.3, 0.4) is 0 Å². The van der Waals surface area contributed by atoms with Crippen LogP contribution in [0.2, 0.25) is 0 Å². The molecule has 0 spiro atoms. The molecule has 3 nitrogen and oxygen atoms in total. The lowest BCUT2D eigenvalue weighted by atomic mass is 9.96. The molecule has 0 amide bonds. The second-order valence-corrected chi connectivity index (χ2v) is 3.92. The van der Waals surface area contributed by atoms with Crippen LogP contribution in [-0.2, 0) is 14.4 Å². The van der Waals surface area contributed by atoms with Crippen LogP contribution in [0.25, 0.3) is 0 Å². The number of ketones is 1. The Morgan fingerprint density at radius 2 is 1.93 bits per heavy atom. The third kappa shape index (κ3) is 1.28. The molecule has 0 fully saturated rings. The largest absolute Gasteiger partial charge is 0.302 e. The van der Waals surface area contributed by atoms with E-state index in [0.29, 0.717) is 16.7 Å². The SMILES string of the molecule is O=CC1C(=O)C(=O)Sc2ccccc21. The Morgan fingerprint density at radius 1 is 1.21 bits per heavy atom. The molecule has 0 radical (unpaired) electrons. The average molecular weight is 206 g/mol. The lowest BCUT2D eigenvalue weighted by molar-refractivity contribution is -0.134. The van der Waals surface area contributed by atoms with Crippen molar-refractivity contribution in [2.24, 2.45) is 0 Å². The number of thioether (sulfide) groups is 1. The highest BCUT2D eigenvalue weighted by atomic mass is 32.2. The summed E-state index contributed by atoms with van der Waals surface area (Å²) in [5, 5.41) is -0.555. The van der Waals surface area contributed by atoms with Crippen LogP contribution in [0, 0.1) is 0 Å². The van der Waals surface area contributed by atoms with E-state index in [1.165, 1.54) is 0 Å². The third-order valence-corrected chi connectivity index (χ3v) is 3.05. The van der Waals surface area contributed by atoms with Gasteiger partial charge in [-0.1, -0.05) is 18.2 Å². The Kier molecular flexibility index (Phi) is 2.21. The maximum absolute atomic E-state index is 11.3. The zero-order valence-corrected chi connectivity index (χ0v) is 7.91. The average Bonchev–Trinajstić information content (AvgIpc) is 2.20. The molecule has 14 heavy (non-hydrogen) atoms. The molecular formula is C10H6O3S. The summed E-state index contributed by atoms with van der Waals surface area (Å²) in [4.78, 5) is 33.9. The van der Waals surface area contributed by atoms with Crippen molar-refractivity contribution in [3.63, 3.8) is 0 Å². The summed E-state index contributed by atoms with van der Waals surface area (Å²) in [5.41, 5.74) is 0.636. The molecule has 1 aliphatic heterocycles. The minimum Gasteiger partial charge on any atom is -0.302 e. The Bertz CT molecular complexity index is 425. The topological polar surface area (TPSA) is 51.2 Å². The molecule has 1 heterocycles. The summed E-state index contributed by atoms with van der Waals surface area (Å²) in [5.74, 6) is -1.52. The first-order valence-corrected chi connectivity index (χ1v) is 4.86. The molecular weight excluding hydrogens is 200 g/mol. The Hall–Kier alpha value is -1.42. The van der Waals surface area contributed by atoms with Gasteiger partial charge in [0.25, 0.3) is 5.12 Å². The van der Waals surface area contributed by atoms with Crippen molar-refractivity contribution in [3.05, 3.63) is 29.8 Å². The predicted molar refractivity (Wildman–Crippen MR) is 51.1 cm³/mol. The van der Waals surface area contributed by atoms with Crippen LogP contribution in [0.1, 0.15) is 11.5 Å². The number of hydrogen-bond acceptors (Lipinski definition) is 4. The second-order valence-electron chi connectivity index (χ2n) is 2.91. The van der Waals surface area contributed by atoms with Gasteiger partial charge in [0.05, 0.1) is 0 Å². The molecule has 0 bridgehead atoms. The van der Waals surface area contributed by atoms with E-state index in [-0.39, 0.29) is 0 Å². The number of carbonyl (C=O) groups is 3. The van der Waals surface area contributed by atoms with Gasteiger partial charge in [0.1, 0.15) is 12.2 Å². The molecule has 1 unspecified atom stereocenters. The first-order valence-electron chi connectivity index (χ1n) is 4.04. The van der Waals surface area contributed by atoms with E-state index < -0.39 is 16.8 Å². The van der Waals surface area contributed by atoms with Gasteiger partial charge in [-0.3, -0.25) is 9.59 Å². The van der Waals surface area contributed by atoms with Gasteiger partial charge in [0.2, 0.25) is 5.78 Å². The van der Waals surface area contributed by atoms with Gasteiger partial charge >= 0.3 is 0 Å². The van der Waals surface area contributed by atoms with Crippen LogP contribution in [0.15, 0.2) is 29.2 Å². The Balaban J connectivity index is 2.58. The van der Waals surface area contributed by atoms with E-state index in [1.807, 2.05) is 0 Å². The highest BCUT2D eigenvalue weighted by molar-refractivity contribution is 8.15. The van der Waals surface area contributed by atoms with E-state index in [2.05, 4.69) is 0 Å². The summed E-state index contributed by atoms with van der Waals surface area (Å²) in [7, 11) is 0. The maximum Gasteiger partial charge on any atom is 0.260 e. The van der Waals surface area contributed by atoms with Crippen molar-refractivity contribution < 1.29 is 14.4 Å². The van der Waals surface area contributed by atoms with E-state index in [4.69, 9.17) is 0 Å². The van der Waals surface area contributed by atoms with Gasteiger partial charge < -0.3 is 4.79 Å². The summed E-state index contributed by atoms with van der Waals surface area (Å²) in [6.45, 7) is 0. The standard InChI is InChI=1S/C10H6O3S/c11-5-7-6-3-1-2-4-8(6)14-10(13)9(7)12/h1-5,7H. The number of rotatable bonds is 1. The Labute approximate surface area is 84.5 Å². The van der Waals surface area contributed by atoms with Crippen LogP contribution < -0.4 is 0 Å². The van der Waals surface area contributed by atoms with Crippen molar-refractivity contribution in [2.75, 3.05) is 0 Å². The molecule has 1 aliphatic rings. The van der Waals surface area contributed by atoms with E-state index in [1.54, 1.807) is 24.3 Å². The molecule has 0 saturated heterocycles. The van der Waals surface area contributed by atoms with Gasteiger partial charge in [0.15, 0.2) is 0 Å². The number of fused-ring (bicyclic) bond motifs is 1. The number of benzene rings is 1. The summed E-state index contributed by atoms with van der Waals surface area (Å²) in [6.07, 6.45) is 0.527. The zero-order valence-electron chi connectivity index (χ0n) is 7.10. The molecule has 2 rings (SSSR count). The minimum absolute atomic E-state index is 0.527. The van der Waals surface area contributed by atoms with Crippen molar-refractivity contribution in [1.82, 2.24) is 0 Å². The fourth-order valence-corrected chi connectivity index (χ4v) is 2.27. The molecule has 1 atom stereocenters. The van der Waals surface area contributed by atoms with E-state index >= 15 is 0 Å². The number of Topliss-reactive ketones (excluding diaryl/α,β-unsaturated/α-hetero) is 1. The zero-order chi connectivity index (χ0) is 10.1. The summed E-state index contributed by atoms with van der Waals surface area (Å²) < 4.78 is 0. The van der Waals surface area contributed by atoms with Crippen LogP contribution >= 0.6 is 11.8 Å². The fourth-order valence-electron chi connectivity index (χ4n) is 1.38. The molecule has 0 aromatic heterocycles. The number of aldehydes is 1. The fraction of sp³-hybridized carbons (Fsp3) is 0.100. The van der Waals surface area contributed by atoms with Crippen molar-refractivity contribution in [1.29, 1.82) is 0 Å². The number of carbonyl (C=O) groups excluding carboxylic acids is 3. The summed E-state index contributed by atoms with van der Waals surface area (Å²) >= 11 is 0.892. The predicted octanol–water partition coefficient (Wildman–Crippen LogP) is 1.17. The smallest absolute Gasteiger partial charge is 0.260 e. The van der Waals surface area contributed by atoms with Gasteiger partial charge in [-0.15, -0.1) is 0 Å². The van der Waals surface area contributed by atoms with E-state index in [9.17, 15) is 14.4 Å². The number of hydrogen-bond donors (Lipinski definition) is 0. The van der Waals surface area contributed by atoms with Gasteiger partial charge in [0, 0.05) is 4.90 Å². The van der Waals surface area contributed by atoms with Gasteiger partial charge in [-0.25, -0.2) is 0 Å². The maximum atomic E-state index is 11.3. The first-order chi connectivity index (χ1) is 6.74. The van der Waals surface area contributed by atoms with Crippen LogP contribution in [-0.4, -0.2) is 17.2 Å². The van der Waals surface area contributed by atoms with Crippen LogP contribution in [0.4, 0.5) is 0 Å². The quantitative estimate of drug-likeness (QED) is 0.393. The lowest BCUT2D eigenvalue weighted by Crippen LogP contribution is -2.25. The normalized spacial score (nSPS) is 20.4. The molecule has 4 heteroatoms. The Morgan fingerprint density at radius 3 is 2.64 bits per heavy atom. The highest BCUT2D eigenvalue weighted by Gasteiger charge is 2.33. The molecule has 0 aliphatic carbocycles. The lowest BCUT2D eigenvalue weighted by Gasteiger charge is -2.17. The monoisotopic (exact) mass is 206 g/mol. The van der Waals surface area contributed by atoms with E-state index in [0.717, 1.165) is 11.8 Å². The van der Waals surface area contributed by atoms with Gasteiger partial charge in [-0.05, 0) is 23.4 Å². The van der Waals surface area contributed by atoms with Crippen molar-refractivity contribution >= 4 is 28.9 Å². The van der Waals surface area contributed by atoms with Crippen molar-refractivity contribution in [3.8, 4) is 0 Å². The molecule has 70 valence electrons. The molecule has 1 aromatic rings. The first kappa shape index (κ1) is 9.15. The van der Waals surface area contributed by atoms with Gasteiger partial charge in [-0.2, -0.15) is 0 Å². The van der Waals surface area contributed by atoms with Crippen LogP contribution in [0.5, 0.6) is 0 Å². The summed E-state index contributed by atoms with van der Waals surface area (Å²) in [6, 6.07) is 6.96. The third-order valence-electron chi connectivity index (χ3n) is 2.08. The molecule has 0 N–H and O–H groups in total. The molecule has 0 saturated carbocycles. The minimum atomic E-state index is -0.903. The van der Waals surface area contributed by atoms with Crippen molar-refractivity contribution in [2.45, 2.75) is 10.8 Å². The highest BCUT2D eigenvalue weighted by Crippen LogP contribution is 2.35. The second kappa shape index (κ2) is 3.38.